The van der Waals surface area contributed by atoms with Crippen molar-refractivity contribution in [1.29, 1.82) is 0 Å². The number of hydrogen-bond donors (Lipinski definition) is 1. The summed E-state index contributed by atoms with van der Waals surface area (Å²) in [6, 6.07) is 9.69. The number of fused-ring (bicyclic) bond motifs is 1. The second kappa shape index (κ2) is 4.53. The second-order valence-electron chi connectivity index (χ2n) is 5.82. The van der Waals surface area contributed by atoms with Gasteiger partial charge in [0, 0.05) is 19.7 Å². The van der Waals surface area contributed by atoms with Crippen LogP contribution in [0.2, 0.25) is 0 Å². The lowest BCUT2D eigenvalue weighted by molar-refractivity contribution is 0.0933. The predicted molar refractivity (Wildman–Crippen MR) is 70.4 cm³/mol. The first kappa shape index (κ1) is 12.5. The highest BCUT2D eigenvalue weighted by Crippen LogP contribution is 2.62. The number of amides is 1. The number of aliphatic hydroxyl groups excluding tert-OH is 1. The summed E-state index contributed by atoms with van der Waals surface area (Å²) in [5.74, 6) is 0.812. The Morgan fingerprint density at radius 3 is 2.79 bits per heavy atom. The van der Waals surface area contributed by atoms with Crippen molar-refractivity contribution in [3.63, 3.8) is 0 Å². The molecular formula is C15H19NO3. The summed E-state index contributed by atoms with van der Waals surface area (Å²) < 4.78 is 5.32. The summed E-state index contributed by atoms with van der Waals surface area (Å²) in [4.78, 5) is 13.7. The highest BCUT2D eigenvalue weighted by atomic mass is 16.6. The van der Waals surface area contributed by atoms with E-state index >= 15 is 0 Å². The highest BCUT2D eigenvalue weighted by molar-refractivity contribution is 5.68. The Kier molecular flexibility index (Phi) is 2.97. The van der Waals surface area contributed by atoms with Gasteiger partial charge in [-0.2, -0.15) is 0 Å². The molecule has 102 valence electrons. The van der Waals surface area contributed by atoms with Gasteiger partial charge in [-0.3, -0.25) is 0 Å². The van der Waals surface area contributed by atoms with E-state index in [4.69, 9.17) is 4.74 Å². The van der Waals surface area contributed by atoms with Gasteiger partial charge in [-0.1, -0.05) is 37.3 Å². The molecule has 2 fully saturated rings. The number of carbonyl (C=O) groups is 1. The Morgan fingerprint density at radius 2 is 2.21 bits per heavy atom. The lowest BCUT2D eigenvalue weighted by Gasteiger charge is -2.21. The third-order valence-electron chi connectivity index (χ3n) is 4.68. The number of nitrogens with zero attached hydrogens (tertiary/aromatic N) is 1. The number of aliphatic hydroxyl groups is 1. The highest BCUT2D eigenvalue weighted by Gasteiger charge is 2.66. The van der Waals surface area contributed by atoms with Gasteiger partial charge in [0.05, 0.1) is 0 Å². The molecule has 1 saturated heterocycles. The minimum absolute atomic E-state index is 0.112. The van der Waals surface area contributed by atoms with Crippen molar-refractivity contribution in [2.75, 3.05) is 19.7 Å². The molecule has 1 heterocycles. The Morgan fingerprint density at radius 1 is 1.47 bits per heavy atom. The SMILES string of the molecule is C[C@]12CN(C(=O)OCc3ccccc3)C[C@H]1[C@@H]2CO. The van der Waals surface area contributed by atoms with Crippen LogP contribution in [0.4, 0.5) is 4.79 Å². The molecule has 3 rings (SSSR count). The van der Waals surface area contributed by atoms with Gasteiger partial charge < -0.3 is 14.7 Å². The predicted octanol–water partition coefficient (Wildman–Crippen LogP) is 1.88. The van der Waals surface area contributed by atoms with Gasteiger partial charge in [-0.05, 0) is 22.8 Å². The zero-order valence-electron chi connectivity index (χ0n) is 11.1. The van der Waals surface area contributed by atoms with Crippen LogP contribution in [-0.4, -0.2) is 35.8 Å². The van der Waals surface area contributed by atoms with Gasteiger partial charge in [-0.25, -0.2) is 4.79 Å². The number of hydrogen-bond acceptors (Lipinski definition) is 3. The molecule has 1 amide bonds. The minimum Gasteiger partial charge on any atom is -0.445 e. The van der Waals surface area contributed by atoms with Crippen LogP contribution >= 0.6 is 0 Å². The topological polar surface area (TPSA) is 49.8 Å². The molecule has 1 saturated carbocycles. The van der Waals surface area contributed by atoms with Gasteiger partial charge in [0.25, 0.3) is 0 Å². The molecule has 0 radical (unpaired) electrons. The van der Waals surface area contributed by atoms with Crippen molar-refractivity contribution in [2.45, 2.75) is 13.5 Å². The first-order valence-corrected chi connectivity index (χ1v) is 6.71. The van der Waals surface area contributed by atoms with Crippen LogP contribution in [0.15, 0.2) is 30.3 Å². The summed E-state index contributed by atoms with van der Waals surface area (Å²) in [5, 5.41) is 9.22. The van der Waals surface area contributed by atoms with Crippen molar-refractivity contribution < 1.29 is 14.6 Å². The summed E-state index contributed by atoms with van der Waals surface area (Å²) >= 11 is 0. The van der Waals surface area contributed by atoms with Crippen LogP contribution < -0.4 is 0 Å². The van der Waals surface area contributed by atoms with Crippen LogP contribution in [0.25, 0.3) is 0 Å². The molecule has 4 heteroatoms. The third-order valence-corrected chi connectivity index (χ3v) is 4.68. The van der Waals surface area contributed by atoms with Gasteiger partial charge in [0.15, 0.2) is 0 Å². The summed E-state index contributed by atoms with van der Waals surface area (Å²) in [6.45, 7) is 4.12. The average Bonchev–Trinajstić information content (AvgIpc) is 2.81. The second-order valence-corrected chi connectivity index (χ2v) is 5.82. The Bertz CT molecular complexity index is 476. The Labute approximate surface area is 113 Å². The number of piperidine rings is 1. The first-order valence-electron chi connectivity index (χ1n) is 6.71. The molecular weight excluding hydrogens is 242 g/mol. The fraction of sp³-hybridized carbons (Fsp3) is 0.533. The van der Waals surface area contributed by atoms with Gasteiger partial charge in [0.2, 0.25) is 0 Å². The van der Waals surface area contributed by atoms with Crippen molar-refractivity contribution in [3.05, 3.63) is 35.9 Å². The van der Waals surface area contributed by atoms with Crippen LogP contribution in [0.1, 0.15) is 12.5 Å². The van der Waals surface area contributed by atoms with Gasteiger partial charge in [-0.15, -0.1) is 0 Å². The van der Waals surface area contributed by atoms with Crippen molar-refractivity contribution in [1.82, 2.24) is 4.90 Å². The smallest absolute Gasteiger partial charge is 0.410 e. The van der Waals surface area contributed by atoms with Crippen LogP contribution in [0.5, 0.6) is 0 Å². The molecule has 3 atom stereocenters. The van der Waals surface area contributed by atoms with Gasteiger partial charge >= 0.3 is 6.09 Å². The standard InChI is InChI=1S/C15H19NO3/c1-15-10-16(7-12(15)13(15)8-17)14(18)19-9-11-5-3-2-4-6-11/h2-6,12-13,17H,7-10H2,1H3/t12-,13-,15-/m0/s1. The molecule has 1 aliphatic heterocycles. The van der Waals surface area contributed by atoms with Crippen molar-refractivity contribution >= 4 is 6.09 Å². The van der Waals surface area contributed by atoms with Crippen molar-refractivity contribution in [3.8, 4) is 0 Å². The molecule has 0 unspecified atom stereocenters. The minimum atomic E-state index is -0.242. The molecule has 0 aromatic heterocycles. The van der Waals surface area contributed by atoms with E-state index in [-0.39, 0.29) is 18.1 Å². The first-order chi connectivity index (χ1) is 9.15. The number of ether oxygens (including phenoxy) is 1. The fourth-order valence-corrected chi connectivity index (χ4v) is 3.33. The molecule has 0 spiro atoms. The van der Waals surface area contributed by atoms with Crippen LogP contribution in [-0.2, 0) is 11.3 Å². The van der Waals surface area contributed by atoms with Gasteiger partial charge in [0.1, 0.15) is 6.61 Å². The molecule has 4 nitrogen and oxygen atoms in total. The van der Waals surface area contributed by atoms with E-state index in [1.165, 1.54) is 0 Å². The zero-order chi connectivity index (χ0) is 13.5. The quantitative estimate of drug-likeness (QED) is 0.904. The number of likely N-dealkylation sites (tertiary alicyclic amines) is 1. The third kappa shape index (κ3) is 2.10. The fourth-order valence-electron chi connectivity index (χ4n) is 3.33. The van der Waals surface area contributed by atoms with E-state index in [9.17, 15) is 9.90 Å². The van der Waals surface area contributed by atoms with Crippen LogP contribution in [0.3, 0.4) is 0 Å². The molecule has 1 aromatic rings. The maximum Gasteiger partial charge on any atom is 0.410 e. The van der Waals surface area contributed by atoms with E-state index in [0.29, 0.717) is 25.0 Å². The summed E-state index contributed by atoms with van der Waals surface area (Å²) in [6.07, 6.45) is -0.242. The Hall–Kier alpha value is -1.55. The largest absolute Gasteiger partial charge is 0.445 e. The number of benzene rings is 1. The molecule has 1 aliphatic carbocycles. The molecule has 1 aromatic carbocycles. The van der Waals surface area contributed by atoms with E-state index in [2.05, 4.69) is 6.92 Å². The molecule has 1 N–H and O–H groups in total. The average molecular weight is 261 g/mol. The van der Waals surface area contributed by atoms with E-state index in [1.54, 1.807) is 4.90 Å². The monoisotopic (exact) mass is 261 g/mol. The lowest BCUT2D eigenvalue weighted by Crippen LogP contribution is -2.33. The number of carbonyl (C=O) groups excluding carboxylic acids is 1. The molecule has 19 heavy (non-hydrogen) atoms. The summed E-state index contributed by atoms with van der Waals surface area (Å²) in [5.41, 5.74) is 1.11. The van der Waals surface area contributed by atoms with E-state index < -0.39 is 0 Å². The Balaban J connectivity index is 1.51. The normalized spacial score (nSPS) is 32.0. The lowest BCUT2D eigenvalue weighted by atomic mass is 10.1. The number of rotatable bonds is 3. The molecule has 2 aliphatic rings. The summed E-state index contributed by atoms with van der Waals surface area (Å²) in [7, 11) is 0. The maximum absolute atomic E-state index is 12.0. The molecule has 0 bridgehead atoms. The maximum atomic E-state index is 12.0. The zero-order valence-corrected chi connectivity index (χ0v) is 11.1. The van der Waals surface area contributed by atoms with E-state index in [0.717, 1.165) is 12.1 Å². The van der Waals surface area contributed by atoms with Crippen molar-refractivity contribution in [2.24, 2.45) is 17.3 Å². The van der Waals surface area contributed by atoms with Crippen LogP contribution in [0, 0.1) is 17.3 Å². The van der Waals surface area contributed by atoms with E-state index in [1.807, 2.05) is 30.3 Å².